The molecule has 0 saturated heterocycles. The molecule has 1 unspecified atom stereocenters. The molecule has 0 amide bonds. The third-order valence-electron chi connectivity index (χ3n) is 5.51. The molecule has 1 fully saturated rings. The summed E-state index contributed by atoms with van der Waals surface area (Å²) < 4.78 is 41.9. The zero-order valence-corrected chi connectivity index (χ0v) is 19.6. The summed E-state index contributed by atoms with van der Waals surface area (Å²) in [7, 11) is 1.43. The molecule has 1 aliphatic carbocycles. The van der Waals surface area contributed by atoms with Gasteiger partial charge in [0.15, 0.2) is 5.96 Å². The number of rotatable bonds is 7. The molecule has 3 N–H and O–H groups in total. The minimum atomic E-state index is -4.84. The van der Waals surface area contributed by atoms with Gasteiger partial charge in [-0.05, 0) is 38.5 Å². The van der Waals surface area contributed by atoms with Crippen LogP contribution in [0.15, 0.2) is 17.4 Å². The molecule has 2 rings (SSSR count). The maximum Gasteiger partial charge on any atom is 0.424 e. The topological polar surface area (TPSA) is 74.5 Å². The fourth-order valence-electron chi connectivity index (χ4n) is 3.70. The van der Waals surface area contributed by atoms with Crippen LogP contribution in [0, 0.1) is 5.92 Å². The zero-order valence-electron chi connectivity index (χ0n) is 17.3. The summed E-state index contributed by atoms with van der Waals surface area (Å²) in [6, 6.07) is 0.275. The van der Waals surface area contributed by atoms with Crippen molar-refractivity contribution >= 4 is 29.9 Å². The smallest absolute Gasteiger partial charge is 0.374 e. The summed E-state index contributed by atoms with van der Waals surface area (Å²) in [5, 5.41) is 16.8. The van der Waals surface area contributed by atoms with Crippen LogP contribution in [0.2, 0.25) is 0 Å². The molecule has 168 valence electrons. The van der Waals surface area contributed by atoms with Gasteiger partial charge in [-0.1, -0.05) is 13.3 Å². The van der Waals surface area contributed by atoms with Gasteiger partial charge in [0, 0.05) is 45.0 Å². The van der Waals surface area contributed by atoms with Crippen molar-refractivity contribution in [2.75, 3.05) is 13.1 Å². The van der Waals surface area contributed by atoms with E-state index in [1.165, 1.54) is 30.4 Å². The van der Waals surface area contributed by atoms with E-state index in [0.29, 0.717) is 12.5 Å². The Morgan fingerprint density at radius 1 is 1.28 bits per heavy atom. The van der Waals surface area contributed by atoms with E-state index >= 15 is 0 Å². The van der Waals surface area contributed by atoms with Crippen molar-refractivity contribution in [2.24, 2.45) is 18.0 Å². The lowest BCUT2D eigenvalue weighted by atomic mass is 9.84. The number of imidazole rings is 1. The molecule has 0 bridgehead atoms. The predicted octanol–water partition coefficient (Wildman–Crippen LogP) is 3.70. The van der Waals surface area contributed by atoms with Gasteiger partial charge in [-0.2, -0.15) is 13.2 Å². The Hall–Kier alpha value is -1.04. The summed E-state index contributed by atoms with van der Waals surface area (Å²) in [5.41, 5.74) is -3.04. The number of hydrogen-bond acceptors (Lipinski definition) is 3. The van der Waals surface area contributed by atoms with E-state index in [2.05, 4.69) is 27.5 Å². The molecule has 0 aromatic carbocycles. The zero-order chi connectivity index (χ0) is 20.8. The Bertz CT molecular complexity index is 644. The minimum Gasteiger partial charge on any atom is -0.374 e. The molecule has 1 aliphatic rings. The largest absolute Gasteiger partial charge is 0.424 e. The lowest BCUT2D eigenvalue weighted by Crippen LogP contribution is -2.46. The highest BCUT2D eigenvalue weighted by Crippen LogP contribution is 2.40. The van der Waals surface area contributed by atoms with Crippen molar-refractivity contribution in [3.63, 3.8) is 0 Å². The first kappa shape index (κ1) is 26.0. The lowest BCUT2D eigenvalue weighted by molar-refractivity contribution is -0.272. The highest BCUT2D eigenvalue weighted by atomic mass is 127. The summed E-state index contributed by atoms with van der Waals surface area (Å²) >= 11 is 0. The summed E-state index contributed by atoms with van der Waals surface area (Å²) in [4.78, 5) is 7.99. The molecular weight excluding hydrogens is 498 g/mol. The fraction of sp³-hybridized carbons (Fsp3) is 0.789. The molecule has 10 heteroatoms. The van der Waals surface area contributed by atoms with E-state index in [-0.39, 0.29) is 36.6 Å². The molecule has 6 nitrogen and oxygen atoms in total. The van der Waals surface area contributed by atoms with E-state index in [0.717, 1.165) is 31.6 Å². The number of nitrogens with one attached hydrogen (secondary N) is 2. The van der Waals surface area contributed by atoms with Crippen molar-refractivity contribution in [3.8, 4) is 0 Å². The third kappa shape index (κ3) is 6.73. The van der Waals surface area contributed by atoms with E-state index < -0.39 is 24.0 Å². The Kier molecular flexibility index (Phi) is 10.2. The van der Waals surface area contributed by atoms with Crippen LogP contribution in [0.4, 0.5) is 13.2 Å². The molecule has 1 aromatic rings. The average molecular weight is 531 g/mol. The van der Waals surface area contributed by atoms with Crippen LogP contribution in [-0.2, 0) is 12.6 Å². The number of nitrogens with zero attached hydrogens (tertiary/aromatic N) is 3. The van der Waals surface area contributed by atoms with Gasteiger partial charge in [-0.25, -0.2) is 4.98 Å². The molecule has 1 saturated carbocycles. The second kappa shape index (κ2) is 11.4. The van der Waals surface area contributed by atoms with Crippen molar-refractivity contribution < 1.29 is 18.3 Å². The molecule has 1 aromatic heterocycles. The van der Waals surface area contributed by atoms with Crippen LogP contribution < -0.4 is 10.6 Å². The number of aliphatic hydroxyl groups is 1. The van der Waals surface area contributed by atoms with Gasteiger partial charge < -0.3 is 20.3 Å². The van der Waals surface area contributed by atoms with Gasteiger partial charge in [0.05, 0.1) is 0 Å². The van der Waals surface area contributed by atoms with Crippen molar-refractivity contribution in [1.29, 1.82) is 0 Å². The third-order valence-corrected chi connectivity index (χ3v) is 5.51. The summed E-state index contributed by atoms with van der Waals surface area (Å²) in [5.74, 6) is 0.829. The Morgan fingerprint density at radius 3 is 2.41 bits per heavy atom. The first-order valence-corrected chi connectivity index (χ1v) is 10.0. The normalized spacial score (nSPS) is 22.5. The second-order valence-corrected chi connectivity index (χ2v) is 7.50. The number of guanidine groups is 1. The molecule has 1 heterocycles. The highest BCUT2D eigenvalue weighted by molar-refractivity contribution is 14.0. The standard InChI is InChI=1S/C19H32F3N5O.HI/c1-4-14-6-8-15(9-7-14)26-17(23-5-2)25-11-10-18(28,19(20,21)22)16-24-12-13-27(16)3;/h12-15,28H,4-11H2,1-3H3,(H2,23,25,26);1H. The van der Waals surface area contributed by atoms with Gasteiger partial charge in [0.1, 0.15) is 5.82 Å². The molecule has 1 atom stereocenters. The number of aliphatic imine (C=N–C) groups is 1. The Morgan fingerprint density at radius 2 is 1.93 bits per heavy atom. The summed E-state index contributed by atoms with van der Waals surface area (Å²) in [6.07, 6.45) is 2.74. The number of aryl methyl sites for hydroxylation is 1. The summed E-state index contributed by atoms with van der Waals surface area (Å²) in [6.45, 7) is 4.54. The molecule has 0 spiro atoms. The van der Waals surface area contributed by atoms with E-state index in [9.17, 15) is 18.3 Å². The van der Waals surface area contributed by atoms with Crippen LogP contribution in [0.5, 0.6) is 0 Å². The van der Waals surface area contributed by atoms with Crippen LogP contribution >= 0.6 is 24.0 Å². The number of aromatic nitrogens is 2. The van der Waals surface area contributed by atoms with Crippen LogP contribution in [0.25, 0.3) is 0 Å². The maximum atomic E-state index is 13.6. The molecule has 0 aliphatic heterocycles. The quantitative estimate of drug-likeness (QED) is 0.285. The van der Waals surface area contributed by atoms with Crippen molar-refractivity contribution in [3.05, 3.63) is 18.2 Å². The van der Waals surface area contributed by atoms with E-state index in [1.54, 1.807) is 0 Å². The van der Waals surface area contributed by atoms with Gasteiger partial charge >= 0.3 is 6.18 Å². The average Bonchev–Trinajstić information content (AvgIpc) is 3.08. The van der Waals surface area contributed by atoms with Gasteiger partial charge in [0.2, 0.25) is 5.60 Å². The van der Waals surface area contributed by atoms with E-state index in [4.69, 9.17) is 0 Å². The molecular formula is C19H33F3IN5O. The SMILES string of the molecule is CCNC(=NCCC(O)(c1nccn1C)C(F)(F)F)NC1CCC(CC)CC1.I. The Labute approximate surface area is 187 Å². The van der Waals surface area contributed by atoms with Gasteiger partial charge in [-0.3, -0.25) is 4.99 Å². The minimum absolute atomic E-state index is 0. The van der Waals surface area contributed by atoms with Crippen LogP contribution in [0.3, 0.4) is 0 Å². The van der Waals surface area contributed by atoms with Gasteiger partial charge in [-0.15, -0.1) is 24.0 Å². The predicted molar refractivity (Wildman–Crippen MR) is 118 cm³/mol. The van der Waals surface area contributed by atoms with Crippen LogP contribution in [0.1, 0.15) is 58.2 Å². The van der Waals surface area contributed by atoms with E-state index in [1.807, 2.05) is 6.92 Å². The number of alkyl halides is 3. The monoisotopic (exact) mass is 531 g/mol. The number of halogens is 4. The van der Waals surface area contributed by atoms with Crippen LogP contribution in [-0.4, -0.2) is 45.9 Å². The second-order valence-electron chi connectivity index (χ2n) is 7.50. The first-order valence-electron chi connectivity index (χ1n) is 10.0. The lowest BCUT2D eigenvalue weighted by Gasteiger charge is -2.30. The highest BCUT2D eigenvalue weighted by Gasteiger charge is 2.57. The first-order chi connectivity index (χ1) is 13.2. The number of hydrogen-bond donors (Lipinski definition) is 3. The van der Waals surface area contributed by atoms with Gasteiger partial charge in [0.25, 0.3) is 0 Å². The van der Waals surface area contributed by atoms with Crippen molar-refractivity contribution in [2.45, 2.75) is 70.2 Å². The maximum absolute atomic E-state index is 13.6. The fourth-order valence-corrected chi connectivity index (χ4v) is 3.70. The molecule has 0 radical (unpaired) electrons. The molecule has 29 heavy (non-hydrogen) atoms. The Balaban J connectivity index is 0.00000420. The van der Waals surface area contributed by atoms with Crippen molar-refractivity contribution in [1.82, 2.24) is 20.2 Å².